The molecule has 4 aliphatic rings. The fourth-order valence-electron chi connectivity index (χ4n) is 23.3. The van der Waals surface area contributed by atoms with Gasteiger partial charge in [0.05, 0.1) is 67.2 Å². The minimum atomic E-state index is -0.433. The molecule has 0 spiro atoms. The molecule has 0 amide bonds. The summed E-state index contributed by atoms with van der Waals surface area (Å²) in [7, 11) is 0. The van der Waals surface area contributed by atoms with Gasteiger partial charge in [-0.1, -0.05) is 321 Å². The molecule has 4 aliphatic heterocycles. The molecule has 4 aromatic heterocycles. The summed E-state index contributed by atoms with van der Waals surface area (Å²) < 4.78 is 19.0. The van der Waals surface area contributed by atoms with E-state index in [2.05, 4.69) is 501 Å². The Bertz CT molecular complexity index is 8600. The topological polar surface area (TPSA) is 40.2 Å². The van der Waals surface area contributed by atoms with Crippen LogP contribution in [0.4, 0.5) is 68.2 Å². The Kier molecular flexibility index (Phi) is 17.0. The van der Waals surface area contributed by atoms with Crippen LogP contribution in [-0.4, -0.2) is 15.5 Å². The Morgan fingerprint density at radius 3 is 0.861 bits per heavy atom. The number of rotatable bonds is 11. The first-order chi connectivity index (χ1) is 67.2. The van der Waals surface area contributed by atoms with Crippen LogP contribution in [0.3, 0.4) is 0 Å². The molecule has 0 unspecified atom stereocenters. The van der Waals surface area contributed by atoms with E-state index in [-0.39, 0.29) is 10.8 Å². The molecule has 0 aliphatic carbocycles. The monoisotopic (exact) mass is 1750 g/mol. The maximum atomic E-state index is 7.01. The summed E-state index contributed by atoms with van der Waals surface area (Å²) in [4.78, 5) is 10.4. The molecule has 0 bridgehead atoms. The number of anilines is 12. The molecule has 0 atom stereocenters. The minimum Gasteiger partial charge on any atom is -0.453 e. The van der Waals surface area contributed by atoms with Crippen molar-refractivity contribution in [3.8, 4) is 101 Å². The number of para-hydroxylation sites is 14. The van der Waals surface area contributed by atoms with Crippen LogP contribution < -0.4 is 45.5 Å². The molecule has 9 heteroatoms. The highest BCUT2D eigenvalue weighted by Crippen LogP contribution is 2.60. The van der Waals surface area contributed by atoms with Gasteiger partial charge in [-0.25, -0.2) is 0 Å². The summed E-state index contributed by atoms with van der Waals surface area (Å²) in [5.74, 6) is 3.11. The molecule has 8 nitrogen and oxygen atoms in total. The first kappa shape index (κ1) is 78.5. The molecule has 8 heterocycles. The smallest absolute Gasteiger partial charge is 0.252 e. The highest BCUT2D eigenvalue weighted by Gasteiger charge is 2.47. The van der Waals surface area contributed by atoms with Crippen molar-refractivity contribution < 1.29 is 9.47 Å². The van der Waals surface area contributed by atoms with Crippen LogP contribution in [0.25, 0.3) is 154 Å². The van der Waals surface area contributed by atoms with Crippen molar-refractivity contribution in [3.63, 3.8) is 0 Å². The van der Waals surface area contributed by atoms with Gasteiger partial charge in [-0.05, 0) is 246 Å². The largest absolute Gasteiger partial charge is 0.453 e. The highest BCUT2D eigenvalue weighted by atomic mass is 16.5. The van der Waals surface area contributed by atoms with Crippen molar-refractivity contribution in [3.05, 3.63) is 442 Å². The fraction of sp³-hybridized carbons (Fsp3) is 0.0625. The van der Waals surface area contributed by atoms with E-state index in [1.54, 1.807) is 0 Å². The van der Waals surface area contributed by atoms with Crippen molar-refractivity contribution in [1.82, 2.24) is 8.80 Å². The van der Waals surface area contributed by atoms with Crippen molar-refractivity contribution >= 4 is 168 Å². The first-order valence-electron chi connectivity index (χ1n) is 47.7. The molecule has 0 fully saturated rings. The predicted molar refractivity (Wildman–Crippen MR) is 575 cm³/mol. The van der Waals surface area contributed by atoms with E-state index in [1.165, 1.54) is 87.3 Å². The van der Waals surface area contributed by atoms with Gasteiger partial charge in [-0.2, -0.15) is 0 Å². The maximum Gasteiger partial charge on any atom is 0.252 e. The number of benzene rings is 20. The van der Waals surface area contributed by atoms with E-state index in [0.29, 0.717) is 0 Å². The lowest BCUT2D eigenvalue weighted by Gasteiger charge is -2.46. The van der Waals surface area contributed by atoms with Crippen LogP contribution >= 0.6 is 0 Å². The van der Waals surface area contributed by atoms with Gasteiger partial charge in [0, 0.05) is 99.5 Å². The van der Waals surface area contributed by atoms with Gasteiger partial charge < -0.3 is 37.9 Å². The lowest BCUT2D eigenvalue weighted by Crippen LogP contribution is -2.61. The molecule has 28 rings (SSSR count). The summed E-state index contributed by atoms with van der Waals surface area (Å²) in [6.45, 7) is 13.6. The maximum absolute atomic E-state index is 7.01. The summed E-state index contributed by atoms with van der Waals surface area (Å²) >= 11 is 0. The molecule has 0 N–H and O–H groups in total. The average molecular weight is 1750 g/mol. The van der Waals surface area contributed by atoms with Gasteiger partial charge in [0.1, 0.15) is 0 Å². The average Bonchev–Trinajstić information content (AvgIpc) is 1.44. The summed E-state index contributed by atoms with van der Waals surface area (Å²) in [6, 6.07) is 163. The van der Waals surface area contributed by atoms with Gasteiger partial charge in [0.2, 0.25) is 0 Å². The van der Waals surface area contributed by atoms with Crippen LogP contribution in [0, 0.1) is 0 Å². The van der Waals surface area contributed by atoms with Crippen molar-refractivity contribution in [2.24, 2.45) is 0 Å². The number of hydrogen-bond acceptors (Lipinski definition) is 6. The summed E-state index contributed by atoms with van der Waals surface area (Å²) in [5.41, 5.74) is 40.0. The van der Waals surface area contributed by atoms with E-state index in [1.807, 2.05) is 0 Å². The third-order valence-electron chi connectivity index (χ3n) is 29.5. The molecular weight excluding hydrogens is 1660 g/mol. The first-order valence-corrected chi connectivity index (χ1v) is 47.7. The van der Waals surface area contributed by atoms with Gasteiger partial charge in [0.15, 0.2) is 23.0 Å². The number of nitrogens with zero attached hydrogens (tertiary/aromatic N) is 6. The number of fused-ring (bicyclic) bond motifs is 20. The molecule has 137 heavy (non-hydrogen) atoms. The molecule has 0 saturated heterocycles. The lowest BCUT2D eigenvalue weighted by atomic mass is 9.33. The standard InChI is InChI=1S/C128H89BN6O2/c1-127(2,3)88-39-29-37-80(68-88)92-45-31-46-93(81-38-30-40-89(69-81)128(4,5)6)123(92)134-114-76-90(130-110-53-21-25-57-118(110)136-119-58-26-22-54-111(119)130)61-63-104(114)129-105-64-62-91(131-112-55-23-27-59-120(112)137-121-60-28-24-56-113(121)131)77-115(105)135(117-75-85(74-116(134)122(117)129)84-66-82(78-33-9-7-10-34-78)65-83(67-84)79-35-11-8-12-36-79)124-94(86-70-100-96-41-13-17-49-106(96)132-107-50-18-14-42-97(107)101(71-86)125(100)132)47-32-48-95(124)87-72-102-98-43-15-19-51-108(98)133-109-52-20-16-44-99(109)103(73-87)126(102)133/h7-77H,1-6H3. The molecule has 0 radical (unpaired) electrons. The minimum absolute atomic E-state index is 0.195. The quantitative estimate of drug-likeness (QED) is 0.120. The van der Waals surface area contributed by atoms with Gasteiger partial charge in [-0.15, -0.1) is 0 Å². The second-order valence-corrected chi connectivity index (χ2v) is 39.4. The van der Waals surface area contributed by atoms with Crippen LogP contribution in [0.5, 0.6) is 23.0 Å². The number of ether oxygens (including phenoxy) is 2. The third kappa shape index (κ3) is 11.9. The Hall–Kier alpha value is -17.1. The van der Waals surface area contributed by atoms with Crippen LogP contribution in [0.1, 0.15) is 52.7 Å². The van der Waals surface area contributed by atoms with E-state index >= 15 is 0 Å². The summed E-state index contributed by atoms with van der Waals surface area (Å²) in [5, 5.41) is 9.61. The zero-order chi connectivity index (χ0) is 91.0. The van der Waals surface area contributed by atoms with Crippen molar-refractivity contribution in [2.75, 3.05) is 19.6 Å². The van der Waals surface area contributed by atoms with Crippen molar-refractivity contribution in [1.29, 1.82) is 0 Å². The second-order valence-electron chi connectivity index (χ2n) is 39.4. The molecule has 646 valence electrons. The molecular formula is C128H89BN6O2. The number of aromatic nitrogens is 2. The van der Waals surface area contributed by atoms with Crippen LogP contribution in [0.15, 0.2) is 431 Å². The van der Waals surface area contributed by atoms with Gasteiger partial charge in [0.25, 0.3) is 6.71 Å². The Morgan fingerprint density at radius 2 is 0.504 bits per heavy atom. The zero-order valence-electron chi connectivity index (χ0n) is 76.6. The molecule has 24 aromatic rings. The van der Waals surface area contributed by atoms with Gasteiger partial charge in [-0.3, -0.25) is 0 Å². The normalized spacial score (nSPS) is 13.2. The Labute approximate surface area is 795 Å². The predicted octanol–water partition coefficient (Wildman–Crippen LogP) is 33.5. The van der Waals surface area contributed by atoms with E-state index in [0.717, 1.165) is 186 Å². The second kappa shape index (κ2) is 29.7. The van der Waals surface area contributed by atoms with Crippen LogP contribution in [0.2, 0.25) is 0 Å². The van der Waals surface area contributed by atoms with E-state index in [9.17, 15) is 0 Å². The summed E-state index contributed by atoms with van der Waals surface area (Å²) in [6.07, 6.45) is 0. The van der Waals surface area contributed by atoms with Gasteiger partial charge >= 0.3 is 0 Å². The third-order valence-corrected chi connectivity index (χ3v) is 29.5. The molecule has 0 saturated carbocycles. The fourth-order valence-corrected chi connectivity index (χ4v) is 23.3. The lowest BCUT2D eigenvalue weighted by molar-refractivity contribution is 0.477. The molecule has 20 aromatic carbocycles. The Balaban J connectivity index is 0.832. The van der Waals surface area contributed by atoms with Crippen LogP contribution in [-0.2, 0) is 10.8 Å². The number of hydrogen-bond donors (Lipinski definition) is 0. The SMILES string of the molecule is CC(C)(C)c1cccc(-c2cccc(-c3cccc(C(C)(C)C)c3)c2N2c3cc(N4c5ccccc5Oc5ccccc54)ccc3B3c4ccc(N5c6ccccc6Oc6ccccc65)cc4N(c4c(-c5cc6c7ccccc7n7c8ccccc8c(c5)c67)cccc4-c4cc5c6ccccc6n6c7ccccc7c(c4)c56)c4cc(-c5cc(-c6ccccc6)cc(-c6ccccc6)c5)cc2c43)c1. The highest BCUT2D eigenvalue weighted by molar-refractivity contribution is 7.00. The Morgan fingerprint density at radius 1 is 0.204 bits per heavy atom. The van der Waals surface area contributed by atoms with Crippen molar-refractivity contribution in [2.45, 2.75) is 52.4 Å². The van der Waals surface area contributed by atoms with E-state index < -0.39 is 6.71 Å². The van der Waals surface area contributed by atoms with E-state index in [4.69, 9.17) is 9.47 Å². The zero-order valence-corrected chi connectivity index (χ0v) is 76.6.